The Hall–Kier alpha value is -3.32. The Labute approximate surface area is 164 Å². The first-order valence-electron chi connectivity index (χ1n) is 8.61. The first-order chi connectivity index (χ1) is 13.6. The highest BCUT2D eigenvalue weighted by Crippen LogP contribution is 2.33. The molecule has 1 N–H and O–H groups in total. The van der Waals surface area contributed by atoms with Crippen LogP contribution >= 0.6 is 11.3 Å². The van der Waals surface area contributed by atoms with Crippen LogP contribution in [0.25, 0.3) is 22.2 Å². The van der Waals surface area contributed by atoms with E-state index in [1.807, 2.05) is 36.6 Å². The van der Waals surface area contributed by atoms with Gasteiger partial charge in [0.05, 0.1) is 12.1 Å². The number of halogens is 1. The zero-order valence-electron chi connectivity index (χ0n) is 15.0. The molecule has 1 amide bonds. The number of carbonyl (C=O) groups excluding carboxylic acids is 1. The van der Waals surface area contributed by atoms with Crippen molar-refractivity contribution < 1.29 is 13.7 Å². The lowest BCUT2D eigenvalue weighted by molar-refractivity contribution is -0.115. The Morgan fingerprint density at radius 1 is 1.18 bits per heavy atom. The largest absolute Gasteiger partial charge is 0.333 e. The van der Waals surface area contributed by atoms with Gasteiger partial charge in [-0.05, 0) is 36.1 Å². The summed E-state index contributed by atoms with van der Waals surface area (Å²) < 4.78 is 18.7. The van der Waals surface area contributed by atoms with E-state index in [4.69, 9.17) is 4.52 Å². The Balaban J connectivity index is 1.51. The molecule has 4 aromatic rings. The van der Waals surface area contributed by atoms with E-state index in [-0.39, 0.29) is 18.1 Å². The molecule has 0 bridgehead atoms. The normalized spacial score (nSPS) is 10.8. The molecule has 0 saturated carbocycles. The first-order valence-corrected chi connectivity index (χ1v) is 9.49. The van der Waals surface area contributed by atoms with Gasteiger partial charge in [-0.3, -0.25) is 4.79 Å². The third-order valence-electron chi connectivity index (χ3n) is 4.12. The van der Waals surface area contributed by atoms with Crippen molar-refractivity contribution in [1.82, 2.24) is 10.1 Å². The van der Waals surface area contributed by atoms with Crippen LogP contribution in [-0.2, 0) is 11.2 Å². The SMILES string of the molecule is Cc1ccc(-c2noc(-c3sccc3NC(=O)Cc3cccc(F)c3)n2)cc1. The number of anilines is 1. The number of nitrogens with one attached hydrogen (secondary N) is 1. The molecule has 140 valence electrons. The van der Waals surface area contributed by atoms with Crippen LogP contribution in [0, 0.1) is 12.7 Å². The van der Waals surface area contributed by atoms with Crippen LogP contribution in [0.1, 0.15) is 11.1 Å². The molecule has 0 radical (unpaired) electrons. The van der Waals surface area contributed by atoms with Gasteiger partial charge in [0, 0.05) is 5.56 Å². The summed E-state index contributed by atoms with van der Waals surface area (Å²) >= 11 is 1.39. The summed E-state index contributed by atoms with van der Waals surface area (Å²) in [5.74, 6) is 0.214. The molecule has 0 atom stereocenters. The summed E-state index contributed by atoms with van der Waals surface area (Å²) in [6.45, 7) is 2.01. The monoisotopic (exact) mass is 393 g/mol. The molecular weight excluding hydrogens is 377 g/mol. The average molecular weight is 393 g/mol. The number of rotatable bonds is 5. The van der Waals surface area contributed by atoms with Crippen molar-refractivity contribution >= 4 is 22.9 Å². The van der Waals surface area contributed by atoms with Gasteiger partial charge in [0.15, 0.2) is 0 Å². The smallest absolute Gasteiger partial charge is 0.270 e. The molecule has 0 aliphatic rings. The Kier molecular flexibility index (Phi) is 4.99. The lowest BCUT2D eigenvalue weighted by Crippen LogP contribution is -2.14. The van der Waals surface area contributed by atoms with Crippen molar-refractivity contribution in [1.29, 1.82) is 0 Å². The molecule has 2 aromatic carbocycles. The molecule has 2 aromatic heterocycles. The maximum absolute atomic E-state index is 13.3. The standard InChI is InChI=1S/C21H16FN3O2S/c1-13-5-7-15(8-6-13)20-24-21(27-25-20)19-17(9-10-28-19)23-18(26)12-14-3-2-4-16(22)11-14/h2-11H,12H2,1H3,(H,23,26). The van der Waals surface area contributed by atoms with Gasteiger partial charge in [-0.2, -0.15) is 4.98 Å². The molecule has 7 heteroatoms. The van der Waals surface area contributed by atoms with Gasteiger partial charge in [-0.15, -0.1) is 11.3 Å². The molecule has 0 aliphatic heterocycles. The van der Waals surface area contributed by atoms with Gasteiger partial charge >= 0.3 is 0 Å². The van der Waals surface area contributed by atoms with Crippen LogP contribution in [-0.4, -0.2) is 16.0 Å². The van der Waals surface area contributed by atoms with Crippen molar-refractivity contribution in [3.63, 3.8) is 0 Å². The molecule has 0 aliphatic carbocycles. The van der Waals surface area contributed by atoms with Gasteiger partial charge in [-0.25, -0.2) is 4.39 Å². The number of nitrogens with zero attached hydrogens (tertiary/aromatic N) is 2. The average Bonchev–Trinajstić information content (AvgIpc) is 3.31. The topological polar surface area (TPSA) is 68.0 Å². The maximum atomic E-state index is 13.3. The van der Waals surface area contributed by atoms with Gasteiger partial charge in [-0.1, -0.05) is 47.1 Å². The van der Waals surface area contributed by atoms with E-state index in [1.54, 1.807) is 18.2 Å². The number of thiophene rings is 1. The molecular formula is C21H16FN3O2S. The Morgan fingerprint density at radius 3 is 2.79 bits per heavy atom. The van der Waals surface area contributed by atoms with Gasteiger partial charge in [0.1, 0.15) is 10.7 Å². The predicted molar refractivity (Wildman–Crippen MR) is 107 cm³/mol. The summed E-state index contributed by atoms with van der Waals surface area (Å²) in [5, 5.41) is 8.71. The highest BCUT2D eigenvalue weighted by molar-refractivity contribution is 7.14. The number of aryl methyl sites for hydroxylation is 1. The fourth-order valence-corrected chi connectivity index (χ4v) is 3.51. The Bertz CT molecular complexity index is 1120. The third-order valence-corrected chi connectivity index (χ3v) is 5.03. The zero-order valence-corrected chi connectivity index (χ0v) is 15.8. The second-order valence-electron chi connectivity index (χ2n) is 6.31. The lowest BCUT2D eigenvalue weighted by Gasteiger charge is -2.05. The predicted octanol–water partition coefficient (Wildman–Crippen LogP) is 5.09. The summed E-state index contributed by atoms with van der Waals surface area (Å²) in [5.41, 5.74) is 3.20. The molecule has 0 fully saturated rings. The minimum absolute atomic E-state index is 0.0749. The van der Waals surface area contributed by atoms with E-state index in [1.165, 1.54) is 23.5 Å². The molecule has 0 unspecified atom stereocenters. The summed E-state index contributed by atoms with van der Waals surface area (Å²) in [7, 11) is 0. The van der Waals surface area contributed by atoms with E-state index >= 15 is 0 Å². The summed E-state index contributed by atoms with van der Waals surface area (Å²) in [6, 6.07) is 15.6. The van der Waals surface area contributed by atoms with E-state index in [9.17, 15) is 9.18 Å². The first kappa shape index (κ1) is 18.1. The number of hydrogen-bond donors (Lipinski definition) is 1. The minimum atomic E-state index is -0.365. The number of amides is 1. The van der Waals surface area contributed by atoms with Crippen LogP contribution in [0.3, 0.4) is 0 Å². The third kappa shape index (κ3) is 3.99. The van der Waals surface area contributed by atoms with Gasteiger partial charge in [0.2, 0.25) is 11.7 Å². The van der Waals surface area contributed by atoms with Crippen molar-refractivity contribution in [2.24, 2.45) is 0 Å². The molecule has 0 saturated heterocycles. The van der Waals surface area contributed by atoms with Crippen LogP contribution in [0.5, 0.6) is 0 Å². The molecule has 2 heterocycles. The molecule has 4 rings (SSSR count). The maximum Gasteiger partial charge on any atom is 0.270 e. The van der Waals surface area contributed by atoms with Crippen LogP contribution in [0.4, 0.5) is 10.1 Å². The van der Waals surface area contributed by atoms with Crippen molar-refractivity contribution in [3.05, 3.63) is 76.9 Å². The number of benzene rings is 2. The highest BCUT2D eigenvalue weighted by Gasteiger charge is 2.17. The molecule has 28 heavy (non-hydrogen) atoms. The second kappa shape index (κ2) is 7.74. The zero-order chi connectivity index (χ0) is 19.5. The summed E-state index contributed by atoms with van der Waals surface area (Å²) in [6.07, 6.45) is 0.0749. The fourth-order valence-electron chi connectivity index (χ4n) is 2.74. The number of carbonyl (C=O) groups is 1. The van der Waals surface area contributed by atoms with Gasteiger partial charge < -0.3 is 9.84 Å². The second-order valence-corrected chi connectivity index (χ2v) is 7.22. The molecule has 0 spiro atoms. The number of hydrogen-bond acceptors (Lipinski definition) is 5. The van der Waals surface area contributed by atoms with Crippen LogP contribution < -0.4 is 5.32 Å². The van der Waals surface area contributed by atoms with E-state index in [0.717, 1.165) is 11.1 Å². The van der Waals surface area contributed by atoms with Crippen LogP contribution in [0.2, 0.25) is 0 Å². The lowest BCUT2D eigenvalue weighted by atomic mass is 10.1. The Morgan fingerprint density at radius 2 is 2.00 bits per heavy atom. The quantitative estimate of drug-likeness (QED) is 0.513. The minimum Gasteiger partial charge on any atom is -0.333 e. The van der Waals surface area contributed by atoms with E-state index in [2.05, 4.69) is 15.5 Å². The van der Waals surface area contributed by atoms with Crippen molar-refractivity contribution in [2.75, 3.05) is 5.32 Å². The van der Waals surface area contributed by atoms with Crippen LogP contribution in [0.15, 0.2) is 64.5 Å². The fraction of sp³-hybridized carbons (Fsp3) is 0.0952. The number of aromatic nitrogens is 2. The van der Waals surface area contributed by atoms with E-state index in [0.29, 0.717) is 27.8 Å². The van der Waals surface area contributed by atoms with E-state index < -0.39 is 0 Å². The summed E-state index contributed by atoms with van der Waals surface area (Å²) in [4.78, 5) is 17.5. The van der Waals surface area contributed by atoms with Crippen molar-refractivity contribution in [3.8, 4) is 22.2 Å². The molecule has 5 nitrogen and oxygen atoms in total. The van der Waals surface area contributed by atoms with Gasteiger partial charge in [0.25, 0.3) is 5.89 Å². The highest BCUT2D eigenvalue weighted by atomic mass is 32.1. The van der Waals surface area contributed by atoms with Crippen molar-refractivity contribution in [2.45, 2.75) is 13.3 Å².